The van der Waals surface area contributed by atoms with Gasteiger partial charge in [-0.1, -0.05) is 30.3 Å². The molecular weight excluding hydrogens is 428 g/mol. The molecule has 0 spiro atoms. The molecule has 10 heteroatoms. The number of carboxylic acids is 1. The highest BCUT2D eigenvalue weighted by atomic mass is 16.5. The van der Waals surface area contributed by atoms with Crippen LogP contribution in [0.25, 0.3) is 10.9 Å². The minimum atomic E-state index is -1.98. The van der Waals surface area contributed by atoms with E-state index in [1.165, 1.54) is 18.7 Å². The van der Waals surface area contributed by atoms with Crippen LogP contribution in [0.2, 0.25) is 0 Å². The number of hydrogen-bond donors (Lipinski definition) is 3. The number of para-hydroxylation sites is 2. The summed E-state index contributed by atoms with van der Waals surface area (Å²) in [6.45, 7) is 3.03. The fourth-order valence-corrected chi connectivity index (χ4v) is 4.88. The lowest BCUT2D eigenvalue weighted by atomic mass is 9.85. The Kier molecular flexibility index (Phi) is 4.47. The largest absolute Gasteiger partial charge is 0.480 e. The van der Waals surface area contributed by atoms with Crippen LogP contribution in [0.4, 0.5) is 5.69 Å². The number of amides is 1. The third kappa shape index (κ3) is 2.78. The number of hydroxylamine groups is 2. The first-order chi connectivity index (χ1) is 15.6. The molecule has 2 aliphatic heterocycles. The van der Waals surface area contributed by atoms with Crippen LogP contribution in [0.1, 0.15) is 31.9 Å². The Bertz CT molecular complexity index is 1370. The average Bonchev–Trinajstić information content (AvgIpc) is 3.15. The second kappa shape index (κ2) is 6.95. The first kappa shape index (κ1) is 21.3. The van der Waals surface area contributed by atoms with Gasteiger partial charge in [0.25, 0.3) is 11.5 Å². The zero-order chi connectivity index (χ0) is 23.7. The summed E-state index contributed by atoms with van der Waals surface area (Å²) in [6, 6.07) is 11.6. The summed E-state index contributed by atoms with van der Waals surface area (Å²) >= 11 is 0. The molecule has 1 saturated heterocycles. The van der Waals surface area contributed by atoms with E-state index < -0.39 is 47.2 Å². The topological polar surface area (TPSA) is 136 Å². The maximum absolute atomic E-state index is 13.1. The normalized spacial score (nSPS) is 24.7. The highest BCUT2D eigenvalue weighted by molar-refractivity contribution is 6.04. The van der Waals surface area contributed by atoms with Gasteiger partial charge in [-0.2, -0.15) is 5.06 Å². The fraction of sp³-hybridized carbons (Fsp3) is 0.304. The lowest BCUT2D eigenvalue weighted by Crippen LogP contribution is -2.53. The van der Waals surface area contributed by atoms with Gasteiger partial charge in [0.05, 0.1) is 22.9 Å². The second-order valence-electron chi connectivity index (χ2n) is 8.93. The van der Waals surface area contributed by atoms with E-state index in [1.54, 1.807) is 48.5 Å². The number of aliphatic carboxylic acids is 1. The van der Waals surface area contributed by atoms with E-state index in [1.807, 2.05) is 0 Å². The Hall–Kier alpha value is -3.60. The standard InChI is InChI=1S/C23H22N4O6/c1-22(2)21(31)26-16-10-6-4-8-14(16)23(32,20(26)27(22)33)11-17(19(29)30)25-12-24-15-9-5-3-7-13(15)18(25)28/h3-10,12,17,20,32-33H,11H2,1-2H3,(H,29,30)/t17-,20+,23-/m1/s1. The van der Waals surface area contributed by atoms with Crippen molar-refractivity contribution < 1.29 is 25.0 Å². The predicted molar refractivity (Wildman–Crippen MR) is 117 cm³/mol. The van der Waals surface area contributed by atoms with Crippen molar-refractivity contribution in [2.45, 2.75) is 43.6 Å². The number of aliphatic hydroxyl groups is 1. The summed E-state index contributed by atoms with van der Waals surface area (Å²) in [6.07, 6.45) is -0.601. The van der Waals surface area contributed by atoms with Crippen LogP contribution in [-0.4, -0.2) is 53.6 Å². The van der Waals surface area contributed by atoms with E-state index in [0.29, 0.717) is 16.8 Å². The van der Waals surface area contributed by atoms with Crippen LogP contribution in [0.15, 0.2) is 59.7 Å². The fourth-order valence-electron chi connectivity index (χ4n) is 4.88. The second-order valence-corrected chi connectivity index (χ2v) is 8.93. The maximum Gasteiger partial charge on any atom is 0.326 e. The van der Waals surface area contributed by atoms with Gasteiger partial charge < -0.3 is 15.4 Å². The Morgan fingerprint density at radius 1 is 1.12 bits per heavy atom. The van der Waals surface area contributed by atoms with E-state index in [4.69, 9.17) is 0 Å². The van der Waals surface area contributed by atoms with Gasteiger partial charge in [-0.25, -0.2) is 9.78 Å². The summed E-state index contributed by atoms with van der Waals surface area (Å²) in [7, 11) is 0. The number of carbonyl (C=O) groups is 2. The van der Waals surface area contributed by atoms with Crippen molar-refractivity contribution in [3.05, 3.63) is 70.8 Å². The monoisotopic (exact) mass is 450 g/mol. The molecule has 3 atom stereocenters. The Morgan fingerprint density at radius 2 is 1.79 bits per heavy atom. The van der Waals surface area contributed by atoms with Crippen molar-refractivity contribution in [3.63, 3.8) is 0 Å². The number of fused-ring (bicyclic) bond motifs is 4. The molecule has 0 aliphatic carbocycles. The van der Waals surface area contributed by atoms with Crippen LogP contribution >= 0.6 is 0 Å². The maximum atomic E-state index is 13.1. The Balaban J connectivity index is 1.66. The Morgan fingerprint density at radius 3 is 2.52 bits per heavy atom. The first-order valence-corrected chi connectivity index (χ1v) is 10.4. The van der Waals surface area contributed by atoms with Gasteiger partial charge in [-0.15, -0.1) is 0 Å². The summed E-state index contributed by atoms with van der Waals surface area (Å²) in [5.74, 6) is -1.79. The molecule has 2 aromatic carbocycles. The molecular formula is C23H22N4O6. The minimum Gasteiger partial charge on any atom is -0.480 e. The molecule has 1 aromatic heterocycles. The molecule has 2 aliphatic rings. The SMILES string of the molecule is CC1(C)C(=O)N2c3ccccc3[C@](O)(C[C@H](C(=O)O)n3cnc4ccccc4c3=O)[C@@H]2N1O. The number of rotatable bonds is 4. The molecule has 170 valence electrons. The predicted octanol–water partition coefficient (Wildman–Crippen LogP) is 1.46. The number of carboxylic acid groups (broad SMARTS) is 1. The molecule has 0 radical (unpaired) electrons. The van der Waals surface area contributed by atoms with Gasteiger partial charge in [-0.3, -0.25) is 19.1 Å². The van der Waals surface area contributed by atoms with Crippen LogP contribution in [0, 0.1) is 0 Å². The molecule has 0 bridgehead atoms. The number of hydrogen-bond acceptors (Lipinski definition) is 7. The van der Waals surface area contributed by atoms with Gasteiger partial charge >= 0.3 is 5.97 Å². The summed E-state index contributed by atoms with van der Waals surface area (Å²) in [5, 5.41) is 33.9. The summed E-state index contributed by atoms with van der Waals surface area (Å²) < 4.78 is 0.970. The molecule has 3 heterocycles. The number of nitrogens with zero attached hydrogens (tertiary/aromatic N) is 4. The van der Waals surface area contributed by atoms with Crippen molar-refractivity contribution >= 4 is 28.5 Å². The van der Waals surface area contributed by atoms with Gasteiger partial charge in [0, 0.05) is 12.0 Å². The lowest BCUT2D eigenvalue weighted by molar-refractivity contribution is -0.210. The van der Waals surface area contributed by atoms with Crippen LogP contribution in [0.3, 0.4) is 0 Å². The van der Waals surface area contributed by atoms with Crippen molar-refractivity contribution in [1.82, 2.24) is 14.6 Å². The summed E-state index contributed by atoms with van der Waals surface area (Å²) in [5.41, 5.74) is -2.79. The molecule has 1 amide bonds. The van der Waals surface area contributed by atoms with E-state index in [2.05, 4.69) is 4.98 Å². The zero-order valence-electron chi connectivity index (χ0n) is 17.9. The number of anilines is 1. The molecule has 33 heavy (non-hydrogen) atoms. The van der Waals surface area contributed by atoms with Crippen molar-refractivity contribution in [1.29, 1.82) is 0 Å². The zero-order valence-corrected chi connectivity index (χ0v) is 17.9. The number of carbonyl (C=O) groups excluding carboxylic acids is 1. The molecule has 0 unspecified atom stereocenters. The molecule has 5 rings (SSSR count). The van der Waals surface area contributed by atoms with Crippen molar-refractivity contribution in [2.24, 2.45) is 0 Å². The van der Waals surface area contributed by atoms with Crippen LogP contribution < -0.4 is 10.5 Å². The van der Waals surface area contributed by atoms with E-state index in [9.17, 15) is 29.8 Å². The highest BCUT2D eigenvalue weighted by Crippen LogP contribution is 2.53. The molecule has 3 N–H and O–H groups in total. The lowest BCUT2D eigenvalue weighted by Gasteiger charge is -2.37. The van der Waals surface area contributed by atoms with E-state index >= 15 is 0 Å². The molecule has 1 fully saturated rings. The third-order valence-electron chi connectivity index (χ3n) is 6.66. The third-order valence-corrected chi connectivity index (χ3v) is 6.66. The molecule has 10 nitrogen and oxygen atoms in total. The van der Waals surface area contributed by atoms with Gasteiger partial charge in [0.15, 0.2) is 0 Å². The van der Waals surface area contributed by atoms with Crippen molar-refractivity contribution in [2.75, 3.05) is 4.90 Å². The number of aromatic nitrogens is 2. The van der Waals surface area contributed by atoms with Gasteiger partial charge in [-0.05, 0) is 32.0 Å². The van der Waals surface area contributed by atoms with E-state index in [-0.39, 0.29) is 5.39 Å². The van der Waals surface area contributed by atoms with E-state index in [0.717, 1.165) is 16.0 Å². The average molecular weight is 450 g/mol. The first-order valence-electron chi connectivity index (χ1n) is 10.4. The highest BCUT2D eigenvalue weighted by Gasteiger charge is 2.65. The quantitative estimate of drug-likeness (QED) is 0.544. The smallest absolute Gasteiger partial charge is 0.326 e. The Labute approximate surface area is 187 Å². The van der Waals surface area contributed by atoms with Crippen molar-refractivity contribution in [3.8, 4) is 0 Å². The minimum absolute atomic E-state index is 0.243. The van der Waals surface area contributed by atoms with Gasteiger partial charge in [0.2, 0.25) is 0 Å². The molecule has 0 saturated carbocycles. The summed E-state index contributed by atoms with van der Waals surface area (Å²) in [4.78, 5) is 44.0. The molecule has 3 aromatic rings. The van der Waals surface area contributed by atoms with Gasteiger partial charge in [0.1, 0.15) is 23.3 Å². The number of benzene rings is 2. The van der Waals surface area contributed by atoms with Crippen LogP contribution in [-0.2, 0) is 15.2 Å². The van der Waals surface area contributed by atoms with Crippen LogP contribution in [0.5, 0.6) is 0 Å².